The lowest BCUT2D eigenvalue weighted by atomic mass is 10.0. The SMILES string of the molecule is Cc1ocnc1CN(CC1CCCCN1)C1CC1. The third-order valence-electron chi connectivity index (χ3n) is 4.13. The maximum absolute atomic E-state index is 5.30. The van der Waals surface area contributed by atoms with Crippen LogP contribution in [0, 0.1) is 6.92 Å². The first-order chi connectivity index (χ1) is 8.83. The Labute approximate surface area is 109 Å². The van der Waals surface area contributed by atoms with Crippen molar-refractivity contribution in [2.24, 2.45) is 0 Å². The van der Waals surface area contributed by atoms with E-state index in [0.717, 1.165) is 30.6 Å². The molecule has 4 nitrogen and oxygen atoms in total. The average molecular weight is 249 g/mol. The van der Waals surface area contributed by atoms with E-state index in [2.05, 4.69) is 15.2 Å². The Balaban J connectivity index is 1.59. The molecule has 1 saturated heterocycles. The molecule has 2 fully saturated rings. The Morgan fingerprint density at radius 3 is 2.89 bits per heavy atom. The monoisotopic (exact) mass is 249 g/mol. The fourth-order valence-electron chi connectivity index (χ4n) is 2.82. The Bertz CT molecular complexity index is 380. The molecule has 2 aliphatic rings. The molecule has 0 amide bonds. The quantitative estimate of drug-likeness (QED) is 0.867. The van der Waals surface area contributed by atoms with E-state index < -0.39 is 0 Å². The van der Waals surface area contributed by atoms with E-state index in [1.165, 1.54) is 38.6 Å². The first-order valence-corrected chi connectivity index (χ1v) is 7.19. The first-order valence-electron chi connectivity index (χ1n) is 7.19. The minimum Gasteiger partial charge on any atom is -0.448 e. The van der Waals surface area contributed by atoms with Gasteiger partial charge in [-0.1, -0.05) is 6.42 Å². The number of oxazole rings is 1. The molecule has 1 unspecified atom stereocenters. The molecule has 0 radical (unpaired) electrons. The van der Waals surface area contributed by atoms with Crippen LogP contribution in [0.15, 0.2) is 10.8 Å². The number of hydrogen-bond acceptors (Lipinski definition) is 4. The van der Waals surface area contributed by atoms with Crippen LogP contribution >= 0.6 is 0 Å². The lowest BCUT2D eigenvalue weighted by Crippen LogP contribution is -2.44. The Hall–Kier alpha value is -0.870. The molecule has 1 aliphatic carbocycles. The summed E-state index contributed by atoms with van der Waals surface area (Å²) in [5.41, 5.74) is 1.11. The number of nitrogens with one attached hydrogen (secondary N) is 1. The van der Waals surface area contributed by atoms with Crippen molar-refractivity contribution < 1.29 is 4.42 Å². The molecule has 0 spiro atoms. The summed E-state index contributed by atoms with van der Waals surface area (Å²) in [4.78, 5) is 6.92. The van der Waals surface area contributed by atoms with Crippen molar-refractivity contribution in [2.45, 2.75) is 57.7 Å². The van der Waals surface area contributed by atoms with E-state index in [1.807, 2.05) is 6.92 Å². The lowest BCUT2D eigenvalue weighted by molar-refractivity contribution is 0.205. The summed E-state index contributed by atoms with van der Waals surface area (Å²) in [7, 11) is 0. The third-order valence-corrected chi connectivity index (χ3v) is 4.13. The lowest BCUT2D eigenvalue weighted by Gasteiger charge is -2.30. The summed E-state index contributed by atoms with van der Waals surface area (Å²) in [6.07, 6.45) is 8.30. The largest absolute Gasteiger partial charge is 0.448 e. The molecular formula is C14H23N3O. The van der Waals surface area contributed by atoms with Crippen LogP contribution in [0.5, 0.6) is 0 Å². The smallest absolute Gasteiger partial charge is 0.181 e. The van der Waals surface area contributed by atoms with Gasteiger partial charge in [0.1, 0.15) is 5.76 Å². The maximum atomic E-state index is 5.30. The second-order valence-electron chi connectivity index (χ2n) is 5.66. The van der Waals surface area contributed by atoms with Crippen molar-refractivity contribution in [1.82, 2.24) is 15.2 Å². The Morgan fingerprint density at radius 2 is 2.28 bits per heavy atom. The minimum absolute atomic E-state index is 0.673. The van der Waals surface area contributed by atoms with Crippen LogP contribution in [-0.4, -0.2) is 35.1 Å². The van der Waals surface area contributed by atoms with Gasteiger partial charge in [-0.15, -0.1) is 0 Å². The van der Waals surface area contributed by atoms with Crippen LogP contribution in [0.3, 0.4) is 0 Å². The first kappa shape index (κ1) is 12.2. The molecule has 1 atom stereocenters. The fraction of sp³-hybridized carbons (Fsp3) is 0.786. The normalized spacial score (nSPS) is 24.7. The van der Waals surface area contributed by atoms with Crippen molar-refractivity contribution >= 4 is 0 Å². The highest BCUT2D eigenvalue weighted by atomic mass is 16.3. The second-order valence-corrected chi connectivity index (χ2v) is 5.66. The number of rotatable bonds is 5. The summed E-state index contributed by atoms with van der Waals surface area (Å²) in [6.45, 7) is 5.31. The van der Waals surface area contributed by atoms with Gasteiger partial charge in [0, 0.05) is 25.2 Å². The van der Waals surface area contributed by atoms with E-state index in [-0.39, 0.29) is 0 Å². The summed E-state index contributed by atoms with van der Waals surface area (Å²) < 4.78 is 5.30. The molecule has 1 saturated carbocycles. The Kier molecular flexibility index (Phi) is 3.66. The van der Waals surface area contributed by atoms with Crippen LogP contribution < -0.4 is 5.32 Å². The van der Waals surface area contributed by atoms with Crippen LogP contribution in [-0.2, 0) is 6.54 Å². The summed E-state index contributed by atoms with van der Waals surface area (Å²) in [6, 6.07) is 1.45. The van der Waals surface area contributed by atoms with Gasteiger partial charge in [-0.2, -0.15) is 0 Å². The highest BCUT2D eigenvalue weighted by Gasteiger charge is 2.31. The van der Waals surface area contributed by atoms with Crippen molar-refractivity contribution in [3.8, 4) is 0 Å². The van der Waals surface area contributed by atoms with Crippen molar-refractivity contribution in [3.63, 3.8) is 0 Å². The van der Waals surface area contributed by atoms with E-state index >= 15 is 0 Å². The van der Waals surface area contributed by atoms with Crippen LogP contribution in [0.2, 0.25) is 0 Å². The number of aromatic nitrogens is 1. The highest BCUT2D eigenvalue weighted by Crippen LogP contribution is 2.29. The molecule has 1 aromatic rings. The number of nitrogens with zero attached hydrogens (tertiary/aromatic N) is 2. The molecule has 1 aromatic heterocycles. The third kappa shape index (κ3) is 2.93. The van der Waals surface area contributed by atoms with Gasteiger partial charge >= 0.3 is 0 Å². The van der Waals surface area contributed by atoms with Crippen LogP contribution in [0.25, 0.3) is 0 Å². The predicted octanol–water partition coefficient (Wildman–Crippen LogP) is 2.09. The van der Waals surface area contributed by atoms with Gasteiger partial charge in [0.25, 0.3) is 0 Å². The van der Waals surface area contributed by atoms with E-state index in [0.29, 0.717) is 6.04 Å². The van der Waals surface area contributed by atoms with Crippen molar-refractivity contribution in [3.05, 3.63) is 17.8 Å². The van der Waals surface area contributed by atoms with E-state index in [9.17, 15) is 0 Å². The van der Waals surface area contributed by atoms with Crippen LogP contribution in [0.4, 0.5) is 0 Å². The van der Waals surface area contributed by atoms with Gasteiger partial charge in [-0.3, -0.25) is 4.90 Å². The molecule has 0 bridgehead atoms. The average Bonchev–Trinajstić information content (AvgIpc) is 3.16. The molecule has 2 heterocycles. The summed E-state index contributed by atoms with van der Waals surface area (Å²) >= 11 is 0. The molecular weight excluding hydrogens is 226 g/mol. The zero-order chi connectivity index (χ0) is 12.4. The molecule has 1 aliphatic heterocycles. The number of hydrogen-bond donors (Lipinski definition) is 1. The van der Waals surface area contributed by atoms with Crippen LogP contribution in [0.1, 0.15) is 43.6 Å². The molecule has 4 heteroatoms. The van der Waals surface area contributed by atoms with Gasteiger partial charge in [0.2, 0.25) is 0 Å². The molecule has 3 rings (SSSR count). The predicted molar refractivity (Wildman–Crippen MR) is 70.3 cm³/mol. The molecule has 0 aromatic carbocycles. The summed E-state index contributed by atoms with van der Waals surface area (Å²) in [5.74, 6) is 0.970. The van der Waals surface area contributed by atoms with Gasteiger partial charge in [0.05, 0.1) is 5.69 Å². The molecule has 100 valence electrons. The zero-order valence-electron chi connectivity index (χ0n) is 11.2. The Morgan fingerprint density at radius 1 is 1.39 bits per heavy atom. The fourth-order valence-corrected chi connectivity index (χ4v) is 2.82. The topological polar surface area (TPSA) is 41.3 Å². The minimum atomic E-state index is 0.673. The van der Waals surface area contributed by atoms with Gasteiger partial charge in [0.15, 0.2) is 6.39 Å². The number of aryl methyl sites for hydroxylation is 1. The van der Waals surface area contributed by atoms with Gasteiger partial charge in [-0.25, -0.2) is 4.98 Å². The number of piperidine rings is 1. The zero-order valence-corrected chi connectivity index (χ0v) is 11.2. The molecule has 18 heavy (non-hydrogen) atoms. The second kappa shape index (κ2) is 5.41. The van der Waals surface area contributed by atoms with Gasteiger partial charge < -0.3 is 9.73 Å². The summed E-state index contributed by atoms with van der Waals surface area (Å²) in [5, 5.41) is 3.64. The standard InChI is InChI=1S/C14H23N3O/c1-11-14(16-10-18-11)9-17(13-5-6-13)8-12-4-2-3-7-15-12/h10,12-13,15H,2-9H2,1H3. The maximum Gasteiger partial charge on any atom is 0.181 e. The highest BCUT2D eigenvalue weighted by molar-refractivity contribution is 5.06. The van der Waals surface area contributed by atoms with Gasteiger partial charge in [-0.05, 0) is 39.2 Å². The van der Waals surface area contributed by atoms with Crippen molar-refractivity contribution in [2.75, 3.05) is 13.1 Å². The van der Waals surface area contributed by atoms with Crippen molar-refractivity contribution in [1.29, 1.82) is 0 Å². The van der Waals surface area contributed by atoms with E-state index in [1.54, 1.807) is 6.39 Å². The van der Waals surface area contributed by atoms with E-state index in [4.69, 9.17) is 4.42 Å². The molecule has 1 N–H and O–H groups in total.